The number of rotatable bonds is 5. The maximum absolute atomic E-state index is 12.7. The number of carbonyl (C=O) groups is 2. The van der Waals surface area contributed by atoms with E-state index < -0.39 is 6.03 Å². The first-order valence-electron chi connectivity index (χ1n) is 6.89. The number of hydrogen-bond donors (Lipinski definition) is 3. The predicted molar refractivity (Wildman–Crippen MR) is 87.2 cm³/mol. The Labute approximate surface area is 137 Å². The fraction of sp³-hybridized carbons (Fsp3) is 0.125. The molecule has 0 aromatic heterocycles. The molecule has 0 bridgehead atoms. The third kappa shape index (κ3) is 5.27. The van der Waals surface area contributed by atoms with Gasteiger partial charge in [0.15, 0.2) is 0 Å². The van der Waals surface area contributed by atoms with Crippen LogP contribution in [0.3, 0.4) is 0 Å². The van der Waals surface area contributed by atoms with Gasteiger partial charge < -0.3 is 16.0 Å². The molecule has 0 saturated carbocycles. The van der Waals surface area contributed by atoms with Gasteiger partial charge in [0.05, 0.1) is 10.6 Å². The van der Waals surface area contributed by atoms with Crippen molar-refractivity contribution in [3.63, 3.8) is 0 Å². The molecule has 0 spiro atoms. The minimum Gasteiger partial charge on any atom is -0.350 e. The molecule has 7 heteroatoms. The molecule has 23 heavy (non-hydrogen) atoms. The summed E-state index contributed by atoms with van der Waals surface area (Å²) < 4.78 is 12.7. The highest BCUT2D eigenvalue weighted by Gasteiger charge is 2.08. The molecule has 0 radical (unpaired) electrons. The molecule has 0 aliphatic rings. The maximum atomic E-state index is 12.7. The van der Waals surface area contributed by atoms with Crippen LogP contribution in [-0.2, 0) is 0 Å². The molecule has 2 aromatic carbocycles. The lowest BCUT2D eigenvalue weighted by Gasteiger charge is -2.09. The monoisotopic (exact) mass is 335 g/mol. The van der Waals surface area contributed by atoms with Gasteiger partial charge in [0.2, 0.25) is 0 Å². The van der Waals surface area contributed by atoms with Gasteiger partial charge in [-0.1, -0.05) is 23.7 Å². The molecule has 120 valence electrons. The van der Waals surface area contributed by atoms with E-state index in [4.69, 9.17) is 11.6 Å². The van der Waals surface area contributed by atoms with Gasteiger partial charge in [-0.05, 0) is 36.4 Å². The molecule has 3 N–H and O–H groups in total. The van der Waals surface area contributed by atoms with Crippen LogP contribution in [0.1, 0.15) is 10.4 Å². The second kappa shape index (κ2) is 8.14. The zero-order valence-corrected chi connectivity index (χ0v) is 12.9. The van der Waals surface area contributed by atoms with Crippen molar-refractivity contribution in [1.29, 1.82) is 0 Å². The van der Waals surface area contributed by atoms with Crippen molar-refractivity contribution in [2.75, 3.05) is 18.4 Å². The molecule has 2 rings (SSSR count). The van der Waals surface area contributed by atoms with Crippen molar-refractivity contribution in [3.8, 4) is 0 Å². The molecule has 0 aliphatic heterocycles. The van der Waals surface area contributed by atoms with E-state index in [0.29, 0.717) is 16.3 Å². The minimum absolute atomic E-state index is 0.239. The number of halogens is 2. The van der Waals surface area contributed by atoms with Crippen LogP contribution in [0.25, 0.3) is 0 Å². The van der Waals surface area contributed by atoms with Crippen molar-refractivity contribution < 1.29 is 14.0 Å². The van der Waals surface area contributed by atoms with Crippen LogP contribution in [0.5, 0.6) is 0 Å². The largest absolute Gasteiger partial charge is 0.350 e. The summed E-state index contributed by atoms with van der Waals surface area (Å²) in [6.45, 7) is 0.490. The fourth-order valence-corrected chi connectivity index (χ4v) is 2.02. The number of hydrogen-bond acceptors (Lipinski definition) is 2. The van der Waals surface area contributed by atoms with E-state index in [9.17, 15) is 14.0 Å². The Hall–Kier alpha value is -2.60. The van der Waals surface area contributed by atoms with Gasteiger partial charge in [-0.3, -0.25) is 4.79 Å². The Balaban J connectivity index is 1.71. The highest BCUT2D eigenvalue weighted by molar-refractivity contribution is 6.33. The molecule has 0 unspecified atom stereocenters. The van der Waals surface area contributed by atoms with Gasteiger partial charge >= 0.3 is 6.03 Å². The highest BCUT2D eigenvalue weighted by Crippen LogP contribution is 2.14. The standard InChI is InChI=1S/C16H15ClFN3O2/c17-14-4-2-1-3-13(14)15(22)19-9-10-20-16(23)21-12-7-5-11(18)6-8-12/h1-8H,9-10H2,(H,19,22)(H2,20,21,23). The fourth-order valence-electron chi connectivity index (χ4n) is 1.80. The first-order valence-corrected chi connectivity index (χ1v) is 7.27. The second-order valence-corrected chi connectivity index (χ2v) is 5.03. The van der Waals surface area contributed by atoms with Gasteiger partial charge in [0.1, 0.15) is 5.82 Å². The van der Waals surface area contributed by atoms with Crippen LogP contribution in [-0.4, -0.2) is 25.0 Å². The van der Waals surface area contributed by atoms with Crippen LogP contribution in [0.15, 0.2) is 48.5 Å². The van der Waals surface area contributed by atoms with Crippen LogP contribution in [0, 0.1) is 5.82 Å². The predicted octanol–water partition coefficient (Wildman–Crippen LogP) is 3.03. The summed E-state index contributed by atoms with van der Waals surface area (Å²) in [6.07, 6.45) is 0. The van der Waals surface area contributed by atoms with Crippen LogP contribution in [0.4, 0.5) is 14.9 Å². The number of carbonyl (C=O) groups excluding carboxylic acids is 2. The molecule has 0 heterocycles. The van der Waals surface area contributed by atoms with Crippen LogP contribution in [0.2, 0.25) is 5.02 Å². The average molecular weight is 336 g/mol. The van der Waals surface area contributed by atoms with Crippen molar-refractivity contribution >= 4 is 29.2 Å². The molecule has 0 atom stereocenters. The number of benzene rings is 2. The summed E-state index contributed by atoms with van der Waals surface area (Å²) in [5.74, 6) is -0.686. The Morgan fingerprint density at radius 3 is 2.30 bits per heavy atom. The van der Waals surface area contributed by atoms with Crippen LogP contribution < -0.4 is 16.0 Å². The van der Waals surface area contributed by atoms with Gasteiger partial charge in [-0.15, -0.1) is 0 Å². The zero-order valence-electron chi connectivity index (χ0n) is 12.1. The Morgan fingerprint density at radius 1 is 0.957 bits per heavy atom. The molecule has 2 aromatic rings. The van der Waals surface area contributed by atoms with E-state index in [1.807, 2.05) is 0 Å². The molecule has 0 saturated heterocycles. The SMILES string of the molecule is O=C(NCCNC(=O)c1ccccc1Cl)Nc1ccc(F)cc1. The zero-order chi connectivity index (χ0) is 16.7. The topological polar surface area (TPSA) is 70.2 Å². The van der Waals surface area contributed by atoms with Gasteiger partial charge in [-0.2, -0.15) is 0 Å². The van der Waals surface area contributed by atoms with Crippen LogP contribution >= 0.6 is 11.6 Å². The van der Waals surface area contributed by atoms with Gasteiger partial charge in [0.25, 0.3) is 5.91 Å². The molecule has 5 nitrogen and oxygen atoms in total. The lowest BCUT2D eigenvalue weighted by molar-refractivity contribution is 0.0954. The quantitative estimate of drug-likeness (QED) is 0.735. The van der Waals surface area contributed by atoms with Crippen molar-refractivity contribution in [2.45, 2.75) is 0 Å². The van der Waals surface area contributed by atoms with Crippen molar-refractivity contribution in [3.05, 3.63) is 64.9 Å². The number of amides is 3. The lowest BCUT2D eigenvalue weighted by Crippen LogP contribution is -2.36. The van der Waals surface area contributed by atoms with E-state index in [1.165, 1.54) is 24.3 Å². The first kappa shape index (κ1) is 16.8. The van der Waals surface area contributed by atoms with Crippen molar-refractivity contribution in [2.24, 2.45) is 0 Å². The Bertz CT molecular complexity index is 692. The van der Waals surface area contributed by atoms with Gasteiger partial charge in [0, 0.05) is 18.8 Å². The summed E-state index contributed by atoms with van der Waals surface area (Å²) in [5, 5.41) is 8.14. The third-order valence-electron chi connectivity index (χ3n) is 2.92. The number of nitrogens with one attached hydrogen (secondary N) is 3. The summed E-state index contributed by atoms with van der Waals surface area (Å²) in [7, 11) is 0. The Morgan fingerprint density at radius 2 is 1.61 bits per heavy atom. The van der Waals surface area contributed by atoms with E-state index in [0.717, 1.165) is 0 Å². The summed E-state index contributed by atoms with van der Waals surface area (Å²) in [5.41, 5.74) is 0.855. The highest BCUT2D eigenvalue weighted by atomic mass is 35.5. The van der Waals surface area contributed by atoms with E-state index in [-0.39, 0.29) is 24.8 Å². The second-order valence-electron chi connectivity index (χ2n) is 4.62. The lowest BCUT2D eigenvalue weighted by atomic mass is 10.2. The minimum atomic E-state index is -0.441. The molecule has 0 fully saturated rings. The summed E-state index contributed by atoms with van der Waals surface area (Å²) in [6, 6.07) is 11.7. The van der Waals surface area contributed by atoms with E-state index in [2.05, 4.69) is 16.0 Å². The number of anilines is 1. The molecule has 0 aliphatic carbocycles. The van der Waals surface area contributed by atoms with E-state index in [1.54, 1.807) is 24.3 Å². The Kier molecular flexibility index (Phi) is 5.94. The number of urea groups is 1. The summed E-state index contributed by atoms with van der Waals surface area (Å²) >= 11 is 5.92. The molecular formula is C16H15ClFN3O2. The molecule has 3 amide bonds. The molecular weight excluding hydrogens is 321 g/mol. The smallest absolute Gasteiger partial charge is 0.319 e. The van der Waals surface area contributed by atoms with Gasteiger partial charge in [-0.25, -0.2) is 9.18 Å². The first-order chi connectivity index (χ1) is 11.1. The normalized spacial score (nSPS) is 10.0. The summed E-state index contributed by atoms with van der Waals surface area (Å²) in [4.78, 5) is 23.5. The average Bonchev–Trinajstić information content (AvgIpc) is 2.54. The third-order valence-corrected chi connectivity index (χ3v) is 3.25. The van der Waals surface area contributed by atoms with Crippen molar-refractivity contribution in [1.82, 2.24) is 10.6 Å². The maximum Gasteiger partial charge on any atom is 0.319 e. The van der Waals surface area contributed by atoms with E-state index >= 15 is 0 Å².